The highest BCUT2D eigenvalue weighted by molar-refractivity contribution is 5.73. The fourth-order valence-electron chi connectivity index (χ4n) is 2.76. The van der Waals surface area contributed by atoms with Crippen molar-refractivity contribution in [3.63, 3.8) is 0 Å². The lowest BCUT2D eigenvalue weighted by atomic mass is 10.1. The second kappa shape index (κ2) is 10.0. The highest BCUT2D eigenvalue weighted by atomic mass is 19.1. The summed E-state index contributed by atoms with van der Waals surface area (Å²) in [7, 11) is 0. The molecular weight excluding hydrogens is 381 g/mol. The van der Waals surface area contributed by atoms with Gasteiger partial charge in [0.1, 0.15) is 23.4 Å². The molecule has 0 radical (unpaired) electrons. The van der Waals surface area contributed by atoms with E-state index >= 15 is 0 Å². The Bertz CT molecular complexity index is 1090. The number of aryl methyl sites for hydroxylation is 1. The van der Waals surface area contributed by atoms with Crippen LogP contribution in [-0.2, 0) is 9.53 Å². The number of hydrogen-bond donors (Lipinski definition) is 0. The van der Waals surface area contributed by atoms with Gasteiger partial charge < -0.3 is 9.47 Å². The van der Waals surface area contributed by atoms with Gasteiger partial charge in [-0.3, -0.25) is 4.79 Å². The van der Waals surface area contributed by atoms with E-state index in [-0.39, 0.29) is 12.2 Å². The maximum atomic E-state index is 13.8. The molecule has 0 aromatic heterocycles. The second-order valence-corrected chi connectivity index (χ2v) is 6.62. The van der Waals surface area contributed by atoms with Crippen molar-refractivity contribution >= 4 is 12.0 Å². The average molecular weight is 401 g/mol. The van der Waals surface area contributed by atoms with Gasteiger partial charge in [-0.1, -0.05) is 54.6 Å². The largest absolute Gasteiger partial charge is 0.457 e. The number of para-hydroxylation sites is 1. The van der Waals surface area contributed by atoms with E-state index in [2.05, 4.69) is 0 Å². The monoisotopic (exact) mass is 401 g/mol. The molecule has 3 aromatic rings. The van der Waals surface area contributed by atoms with E-state index in [1.54, 1.807) is 43.3 Å². The lowest BCUT2D eigenvalue weighted by molar-refractivity contribution is -0.145. The quantitative estimate of drug-likeness (QED) is 0.446. The molecule has 0 aliphatic carbocycles. The molecule has 1 unspecified atom stereocenters. The maximum Gasteiger partial charge on any atom is 0.311 e. The van der Waals surface area contributed by atoms with Crippen molar-refractivity contribution in [1.82, 2.24) is 0 Å². The normalized spacial score (nSPS) is 11.6. The van der Waals surface area contributed by atoms with Crippen LogP contribution in [0.5, 0.6) is 11.5 Å². The SMILES string of the molecule is Cc1ccc(/C=C/CC(=O)OC(C#N)c2cccc(Oc3ccccc3)c2)c(F)c1. The van der Waals surface area contributed by atoms with E-state index in [1.807, 2.05) is 36.4 Å². The zero-order valence-electron chi connectivity index (χ0n) is 16.4. The van der Waals surface area contributed by atoms with E-state index in [0.717, 1.165) is 5.56 Å². The number of carbonyl (C=O) groups excluding carboxylic acids is 1. The molecule has 1 atom stereocenters. The van der Waals surface area contributed by atoms with E-state index in [9.17, 15) is 14.4 Å². The number of benzene rings is 3. The third kappa shape index (κ3) is 5.79. The summed E-state index contributed by atoms with van der Waals surface area (Å²) in [6.45, 7) is 1.80. The number of rotatable bonds is 7. The number of hydrogen-bond acceptors (Lipinski definition) is 4. The molecule has 3 rings (SSSR count). The van der Waals surface area contributed by atoms with Crippen LogP contribution in [0, 0.1) is 24.1 Å². The minimum atomic E-state index is -1.07. The van der Waals surface area contributed by atoms with Crippen molar-refractivity contribution < 1.29 is 18.7 Å². The molecule has 0 fully saturated rings. The molecule has 30 heavy (non-hydrogen) atoms. The summed E-state index contributed by atoms with van der Waals surface area (Å²) >= 11 is 0. The Morgan fingerprint density at radius 3 is 2.57 bits per heavy atom. The van der Waals surface area contributed by atoms with Crippen LogP contribution in [0.1, 0.15) is 29.2 Å². The molecule has 0 N–H and O–H groups in total. The molecule has 0 saturated carbocycles. The van der Waals surface area contributed by atoms with Crippen molar-refractivity contribution in [3.8, 4) is 17.6 Å². The standard InChI is InChI=1S/C25H20FNO3/c1-18-13-14-19(23(26)15-18)7-6-12-25(28)30-24(17-27)20-8-5-11-22(16-20)29-21-9-3-2-4-10-21/h2-11,13-16,24H,12H2,1H3/b7-6+. The molecule has 4 nitrogen and oxygen atoms in total. The summed E-state index contributed by atoms with van der Waals surface area (Å²) in [5.41, 5.74) is 1.71. The molecule has 0 amide bonds. The molecule has 0 saturated heterocycles. The highest BCUT2D eigenvalue weighted by Gasteiger charge is 2.16. The van der Waals surface area contributed by atoms with Crippen LogP contribution in [0.3, 0.4) is 0 Å². The van der Waals surface area contributed by atoms with Crippen LogP contribution in [0.2, 0.25) is 0 Å². The van der Waals surface area contributed by atoms with Gasteiger partial charge in [0, 0.05) is 11.1 Å². The first-order valence-electron chi connectivity index (χ1n) is 9.40. The topological polar surface area (TPSA) is 59.3 Å². The van der Waals surface area contributed by atoms with Crippen LogP contribution in [0.4, 0.5) is 4.39 Å². The van der Waals surface area contributed by atoms with Gasteiger partial charge in [-0.15, -0.1) is 0 Å². The Morgan fingerprint density at radius 1 is 1.07 bits per heavy atom. The fourth-order valence-corrected chi connectivity index (χ4v) is 2.76. The summed E-state index contributed by atoms with van der Waals surface area (Å²) in [6.07, 6.45) is 1.89. The molecule has 0 bridgehead atoms. The summed E-state index contributed by atoms with van der Waals surface area (Å²) in [5.74, 6) is 0.253. The van der Waals surface area contributed by atoms with E-state index in [1.165, 1.54) is 18.2 Å². The summed E-state index contributed by atoms with van der Waals surface area (Å²) in [6, 6.07) is 22.9. The second-order valence-electron chi connectivity index (χ2n) is 6.62. The van der Waals surface area contributed by atoms with E-state index < -0.39 is 12.1 Å². The molecule has 0 aliphatic heterocycles. The Labute approximate surface area is 174 Å². The Hall–Kier alpha value is -3.91. The highest BCUT2D eigenvalue weighted by Crippen LogP contribution is 2.26. The first-order chi connectivity index (χ1) is 14.5. The van der Waals surface area contributed by atoms with Crippen LogP contribution < -0.4 is 4.74 Å². The minimum absolute atomic E-state index is 0.0777. The number of ether oxygens (including phenoxy) is 2. The summed E-state index contributed by atoms with van der Waals surface area (Å²) in [4.78, 5) is 12.1. The van der Waals surface area contributed by atoms with Crippen molar-refractivity contribution in [2.45, 2.75) is 19.4 Å². The smallest absolute Gasteiger partial charge is 0.311 e. The number of esters is 1. The van der Waals surface area contributed by atoms with Crippen LogP contribution >= 0.6 is 0 Å². The van der Waals surface area contributed by atoms with Crippen molar-refractivity contribution in [2.75, 3.05) is 0 Å². The Kier molecular flexibility index (Phi) is 6.96. The number of nitriles is 1. The number of nitrogens with zero attached hydrogens (tertiary/aromatic N) is 1. The molecule has 150 valence electrons. The lowest BCUT2D eigenvalue weighted by Crippen LogP contribution is -2.09. The molecular formula is C25H20FNO3. The van der Waals surface area contributed by atoms with Gasteiger partial charge in [0.25, 0.3) is 0 Å². The zero-order chi connectivity index (χ0) is 21.3. The van der Waals surface area contributed by atoms with Gasteiger partial charge in [0.15, 0.2) is 0 Å². The summed E-state index contributed by atoms with van der Waals surface area (Å²) in [5, 5.41) is 9.44. The minimum Gasteiger partial charge on any atom is -0.457 e. The average Bonchev–Trinajstić information content (AvgIpc) is 2.74. The van der Waals surface area contributed by atoms with Gasteiger partial charge in [0.05, 0.1) is 6.42 Å². The third-order valence-electron chi connectivity index (χ3n) is 4.24. The Morgan fingerprint density at radius 2 is 1.83 bits per heavy atom. The number of carbonyl (C=O) groups is 1. The third-order valence-corrected chi connectivity index (χ3v) is 4.24. The maximum absolute atomic E-state index is 13.8. The first kappa shape index (κ1) is 20.8. The van der Waals surface area contributed by atoms with E-state index in [0.29, 0.717) is 22.6 Å². The van der Waals surface area contributed by atoms with E-state index in [4.69, 9.17) is 9.47 Å². The van der Waals surface area contributed by atoms with Crippen molar-refractivity contribution in [2.24, 2.45) is 0 Å². The number of halogens is 1. The van der Waals surface area contributed by atoms with Crippen LogP contribution in [0.25, 0.3) is 6.08 Å². The van der Waals surface area contributed by atoms with Crippen LogP contribution in [-0.4, -0.2) is 5.97 Å². The molecule has 0 spiro atoms. The zero-order valence-corrected chi connectivity index (χ0v) is 16.4. The first-order valence-corrected chi connectivity index (χ1v) is 9.40. The lowest BCUT2D eigenvalue weighted by Gasteiger charge is -2.12. The Balaban J connectivity index is 1.62. The summed E-state index contributed by atoms with van der Waals surface area (Å²) < 4.78 is 24.9. The van der Waals surface area contributed by atoms with Crippen molar-refractivity contribution in [3.05, 3.63) is 101 Å². The van der Waals surface area contributed by atoms with Crippen molar-refractivity contribution in [1.29, 1.82) is 5.26 Å². The van der Waals surface area contributed by atoms with Gasteiger partial charge in [0.2, 0.25) is 6.10 Å². The van der Waals surface area contributed by atoms with Crippen LogP contribution in [0.15, 0.2) is 78.9 Å². The van der Waals surface area contributed by atoms with Gasteiger partial charge in [-0.2, -0.15) is 5.26 Å². The van der Waals surface area contributed by atoms with Gasteiger partial charge >= 0.3 is 5.97 Å². The molecule has 0 heterocycles. The van der Waals surface area contributed by atoms with Gasteiger partial charge in [-0.25, -0.2) is 4.39 Å². The molecule has 5 heteroatoms. The predicted octanol–water partition coefficient (Wildman–Crippen LogP) is 6.14. The molecule has 0 aliphatic rings. The fraction of sp³-hybridized carbons (Fsp3) is 0.120. The van der Waals surface area contributed by atoms with Gasteiger partial charge in [-0.05, 0) is 42.8 Å². The predicted molar refractivity (Wildman–Crippen MR) is 112 cm³/mol. The molecule has 3 aromatic carbocycles.